The molecule has 0 bridgehead atoms. The summed E-state index contributed by atoms with van der Waals surface area (Å²) in [4.78, 5) is 33.9. The van der Waals surface area contributed by atoms with Crippen LogP contribution in [0.3, 0.4) is 0 Å². The zero-order valence-electron chi connectivity index (χ0n) is 14.7. The molecular weight excluding hydrogens is 338 g/mol. The molecule has 0 aliphatic carbocycles. The molecule has 0 aromatic carbocycles. The van der Waals surface area contributed by atoms with Gasteiger partial charge in [0, 0.05) is 24.4 Å². The number of imidazole rings is 1. The average Bonchev–Trinajstić information content (AvgIpc) is 3.28. The Morgan fingerprint density at radius 1 is 1.44 bits per heavy atom. The molecule has 2 atom stereocenters. The summed E-state index contributed by atoms with van der Waals surface area (Å²) in [7, 11) is 0. The molecule has 3 rings (SSSR count). The summed E-state index contributed by atoms with van der Waals surface area (Å²) in [6.07, 6.45) is 1.88. The van der Waals surface area contributed by atoms with Gasteiger partial charge < -0.3 is 15.2 Å². The predicted molar refractivity (Wildman–Crippen MR) is 95.5 cm³/mol. The van der Waals surface area contributed by atoms with E-state index in [1.54, 1.807) is 6.20 Å². The lowest BCUT2D eigenvalue weighted by Gasteiger charge is -2.16. The van der Waals surface area contributed by atoms with Crippen LogP contribution < -0.4 is 5.32 Å². The molecule has 0 saturated carbocycles. The number of nitrogens with one attached hydrogen (secondary N) is 2. The van der Waals surface area contributed by atoms with Crippen molar-refractivity contribution in [1.82, 2.24) is 24.6 Å². The summed E-state index contributed by atoms with van der Waals surface area (Å²) < 4.78 is 4.18. The lowest BCUT2D eigenvalue weighted by Crippen LogP contribution is -2.40. The van der Waals surface area contributed by atoms with Crippen LogP contribution in [0.5, 0.6) is 0 Å². The number of amides is 2. The van der Waals surface area contributed by atoms with Crippen LogP contribution in [-0.2, 0) is 11.2 Å². The number of likely N-dealkylation sites (tertiary alicyclic amines) is 1. The van der Waals surface area contributed by atoms with Crippen molar-refractivity contribution < 1.29 is 9.59 Å². The minimum atomic E-state index is -0.176. The maximum absolute atomic E-state index is 12.4. The van der Waals surface area contributed by atoms with E-state index in [4.69, 9.17) is 0 Å². The first kappa shape index (κ1) is 17.6. The van der Waals surface area contributed by atoms with Crippen molar-refractivity contribution in [3.63, 3.8) is 0 Å². The lowest BCUT2D eigenvalue weighted by atomic mass is 10.1. The fourth-order valence-electron chi connectivity index (χ4n) is 2.95. The van der Waals surface area contributed by atoms with E-state index in [0.717, 1.165) is 11.5 Å². The maximum atomic E-state index is 12.4. The minimum absolute atomic E-state index is 0.0538. The first-order chi connectivity index (χ1) is 11.9. The van der Waals surface area contributed by atoms with Gasteiger partial charge in [0.25, 0.3) is 5.91 Å². The number of carbonyl (C=O) groups excluding carboxylic acids is 2. The van der Waals surface area contributed by atoms with Crippen LogP contribution in [0.2, 0.25) is 0 Å². The van der Waals surface area contributed by atoms with Gasteiger partial charge in [0.05, 0.1) is 24.4 Å². The number of aromatic amines is 1. The molecule has 1 aliphatic rings. The molecule has 25 heavy (non-hydrogen) atoms. The normalized spacial score (nSPS) is 20.2. The fourth-order valence-corrected chi connectivity index (χ4v) is 3.48. The SMILES string of the molecule is CC(C)c1ncc(C(=O)N[C@@H]2CN(C(=O)Cc3ccsn3)C[C@@H]2C)[nH]1. The Balaban J connectivity index is 1.57. The van der Waals surface area contributed by atoms with Crippen molar-refractivity contribution in [3.8, 4) is 0 Å². The molecule has 134 valence electrons. The van der Waals surface area contributed by atoms with E-state index in [2.05, 4.69) is 19.7 Å². The molecular formula is C17H23N5O2S. The van der Waals surface area contributed by atoms with E-state index in [1.807, 2.05) is 37.1 Å². The van der Waals surface area contributed by atoms with Gasteiger partial charge in [-0.05, 0) is 23.5 Å². The Hall–Kier alpha value is -2.22. The molecule has 8 heteroatoms. The second-order valence-corrected chi connectivity index (χ2v) is 7.53. The number of hydrogen-bond donors (Lipinski definition) is 2. The number of carbonyl (C=O) groups is 2. The third kappa shape index (κ3) is 4.07. The van der Waals surface area contributed by atoms with E-state index in [-0.39, 0.29) is 29.7 Å². The summed E-state index contributed by atoms with van der Waals surface area (Å²) in [6.45, 7) is 7.26. The zero-order valence-corrected chi connectivity index (χ0v) is 15.5. The number of rotatable bonds is 5. The van der Waals surface area contributed by atoms with Gasteiger partial charge >= 0.3 is 0 Å². The molecule has 1 saturated heterocycles. The summed E-state index contributed by atoms with van der Waals surface area (Å²) in [5.41, 5.74) is 1.26. The molecule has 1 aliphatic heterocycles. The second-order valence-electron chi connectivity index (χ2n) is 6.86. The van der Waals surface area contributed by atoms with Gasteiger partial charge in [0.2, 0.25) is 5.91 Å². The van der Waals surface area contributed by atoms with Crippen LogP contribution in [-0.4, -0.2) is 50.2 Å². The van der Waals surface area contributed by atoms with E-state index >= 15 is 0 Å². The highest BCUT2D eigenvalue weighted by Gasteiger charge is 2.33. The molecule has 0 radical (unpaired) electrons. The van der Waals surface area contributed by atoms with Gasteiger partial charge in [-0.1, -0.05) is 20.8 Å². The Morgan fingerprint density at radius 2 is 2.24 bits per heavy atom. The van der Waals surface area contributed by atoms with Crippen molar-refractivity contribution in [2.45, 2.75) is 39.2 Å². The van der Waals surface area contributed by atoms with Gasteiger partial charge in [-0.15, -0.1) is 0 Å². The van der Waals surface area contributed by atoms with Crippen molar-refractivity contribution in [3.05, 3.63) is 34.9 Å². The van der Waals surface area contributed by atoms with E-state index in [0.29, 0.717) is 25.2 Å². The molecule has 0 unspecified atom stereocenters. The average molecular weight is 361 g/mol. The Morgan fingerprint density at radius 3 is 2.88 bits per heavy atom. The molecule has 2 aromatic heterocycles. The Kier molecular flexibility index (Phi) is 5.17. The monoisotopic (exact) mass is 361 g/mol. The summed E-state index contributed by atoms with van der Waals surface area (Å²) >= 11 is 1.35. The molecule has 2 aromatic rings. The largest absolute Gasteiger partial charge is 0.346 e. The van der Waals surface area contributed by atoms with Crippen molar-refractivity contribution in [1.29, 1.82) is 0 Å². The van der Waals surface area contributed by atoms with Crippen molar-refractivity contribution in [2.24, 2.45) is 5.92 Å². The zero-order chi connectivity index (χ0) is 18.0. The lowest BCUT2D eigenvalue weighted by molar-refractivity contribution is -0.129. The smallest absolute Gasteiger partial charge is 0.269 e. The third-order valence-electron chi connectivity index (χ3n) is 4.49. The van der Waals surface area contributed by atoms with Gasteiger partial charge in [0.1, 0.15) is 11.5 Å². The summed E-state index contributed by atoms with van der Waals surface area (Å²) in [5, 5.41) is 4.89. The summed E-state index contributed by atoms with van der Waals surface area (Å²) in [5.74, 6) is 1.12. The van der Waals surface area contributed by atoms with Gasteiger partial charge in [0.15, 0.2) is 0 Å². The molecule has 7 nitrogen and oxygen atoms in total. The van der Waals surface area contributed by atoms with Gasteiger partial charge in [-0.2, -0.15) is 4.37 Å². The maximum Gasteiger partial charge on any atom is 0.269 e. The quantitative estimate of drug-likeness (QED) is 0.850. The van der Waals surface area contributed by atoms with Crippen LogP contribution in [0.4, 0.5) is 0 Å². The van der Waals surface area contributed by atoms with Gasteiger partial charge in [-0.25, -0.2) is 4.98 Å². The molecule has 0 spiro atoms. The second kappa shape index (κ2) is 7.35. The topological polar surface area (TPSA) is 91.0 Å². The fraction of sp³-hybridized carbons (Fsp3) is 0.529. The van der Waals surface area contributed by atoms with Crippen molar-refractivity contribution in [2.75, 3.05) is 13.1 Å². The van der Waals surface area contributed by atoms with Crippen molar-refractivity contribution >= 4 is 23.3 Å². The Bertz CT molecular complexity index is 740. The number of aromatic nitrogens is 3. The minimum Gasteiger partial charge on any atom is -0.346 e. The van der Waals surface area contributed by atoms with Crippen LogP contribution in [0.25, 0.3) is 0 Å². The third-order valence-corrected chi connectivity index (χ3v) is 5.09. The standard InChI is InChI=1S/C17H23N5O2S/c1-10(2)16-18-7-13(19-16)17(24)20-14-9-22(8-11(14)3)15(23)6-12-4-5-25-21-12/h4-5,7,10-11,14H,6,8-9H2,1-3H3,(H,18,19)(H,20,24)/t11-,14+/m0/s1. The van der Waals surface area contributed by atoms with E-state index in [9.17, 15) is 9.59 Å². The molecule has 1 fully saturated rings. The van der Waals surface area contributed by atoms with Crippen LogP contribution in [0.1, 0.15) is 48.7 Å². The first-order valence-corrected chi connectivity index (χ1v) is 9.30. The molecule has 3 heterocycles. The highest BCUT2D eigenvalue weighted by Crippen LogP contribution is 2.18. The number of H-pyrrole nitrogens is 1. The first-order valence-electron chi connectivity index (χ1n) is 8.47. The highest BCUT2D eigenvalue weighted by molar-refractivity contribution is 7.03. The predicted octanol–water partition coefficient (Wildman–Crippen LogP) is 1.81. The van der Waals surface area contributed by atoms with E-state index < -0.39 is 0 Å². The van der Waals surface area contributed by atoms with Crippen LogP contribution in [0, 0.1) is 5.92 Å². The number of hydrogen-bond acceptors (Lipinski definition) is 5. The van der Waals surface area contributed by atoms with Crippen LogP contribution >= 0.6 is 11.5 Å². The summed E-state index contributed by atoms with van der Waals surface area (Å²) in [6, 6.07) is 1.81. The van der Waals surface area contributed by atoms with E-state index in [1.165, 1.54) is 11.5 Å². The molecule has 2 amide bonds. The van der Waals surface area contributed by atoms with Crippen LogP contribution in [0.15, 0.2) is 17.6 Å². The number of nitrogens with zero attached hydrogens (tertiary/aromatic N) is 3. The molecule has 2 N–H and O–H groups in total. The highest BCUT2D eigenvalue weighted by atomic mass is 32.1. The van der Waals surface area contributed by atoms with Gasteiger partial charge in [-0.3, -0.25) is 9.59 Å². The Labute approximate surface area is 151 Å².